The van der Waals surface area contributed by atoms with Crippen LogP contribution in [-0.2, 0) is 11.3 Å². The Morgan fingerprint density at radius 3 is 2.50 bits per heavy atom. The molecule has 1 heterocycles. The molecule has 1 atom stereocenters. The number of benzene rings is 2. The highest BCUT2D eigenvalue weighted by molar-refractivity contribution is 5.72. The van der Waals surface area contributed by atoms with Crippen molar-refractivity contribution < 1.29 is 9.90 Å². The second-order valence-corrected chi connectivity index (χ2v) is 6.22. The summed E-state index contributed by atoms with van der Waals surface area (Å²) in [6.45, 7) is 3.23. The number of carboxylic acid groups (broad SMARTS) is 1. The highest BCUT2D eigenvalue weighted by Gasteiger charge is 2.29. The fourth-order valence-electron chi connectivity index (χ4n) is 3.35. The van der Waals surface area contributed by atoms with Gasteiger partial charge in [-0.25, -0.2) is 0 Å². The van der Waals surface area contributed by atoms with Gasteiger partial charge in [0.2, 0.25) is 0 Å². The molecule has 0 saturated carbocycles. The second kappa shape index (κ2) is 7.36. The number of nitrogens with zero attached hydrogens (tertiary/aromatic N) is 2. The smallest absolute Gasteiger partial charge is 0.305 e. The Labute approximate surface area is 142 Å². The zero-order chi connectivity index (χ0) is 16.9. The van der Waals surface area contributed by atoms with Gasteiger partial charge in [0.05, 0.1) is 23.8 Å². The van der Waals surface area contributed by atoms with Gasteiger partial charge in [-0.2, -0.15) is 0 Å². The fourth-order valence-corrected chi connectivity index (χ4v) is 3.35. The molecule has 0 aromatic heterocycles. The molecule has 5 heteroatoms. The number of aliphatic carboxylic acids is 1. The van der Waals surface area contributed by atoms with Gasteiger partial charge in [0.25, 0.3) is 0 Å². The Balaban J connectivity index is 1.76. The molecule has 0 spiro atoms. The molecule has 1 saturated heterocycles. The van der Waals surface area contributed by atoms with Crippen molar-refractivity contribution in [2.75, 3.05) is 30.3 Å². The lowest BCUT2D eigenvalue weighted by Gasteiger charge is -2.42. The molecule has 126 valence electrons. The number of rotatable bonds is 5. The normalized spacial score (nSPS) is 18.5. The van der Waals surface area contributed by atoms with Crippen LogP contribution in [0.1, 0.15) is 12.0 Å². The second-order valence-electron chi connectivity index (χ2n) is 6.22. The van der Waals surface area contributed by atoms with E-state index in [-0.39, 0.29) is 12.5 Å². The summed E-state index contributed by atoms with van der Waals surface area (Å²) >= 11 is 0. The van der Waals surface area contributed by atoms with Gasteiger partial charge < -0.3 is 15.7 Å². The first-order valence-electron chi connectivity index (χ1n) is 8.22. The minimum absolute atomic E-state index is 0.0790. The summed E-state index contributed by atoms with van der Waals surface area (Å²) in [7, 11) is 0. The van der Waals surface area contributed by atoms with Gasteiger partial charge in [-0.1, -0.05) is 42.5 Å². The van der Waals surface area contributed by atoms with Crippen LogP contribution < -0.4 is 10.6 Å². The average molecular weight is 325 g/mol. The molecule has 2 aromatic carbocycles. The molecular weight excluding hydrogens is 302 g/mol. The maximum atomic E-state index is 11.3. The van der Waals surface area contributed by atoms with Crippen molar-refractivity contribution >= 4 is 17.3 Å². The summed E-state index contributed by atoms with van der Waals surface area (Å²) in [6, 6.07) is 17.9. The molecule has 1 aliphatic heterocycles. The van der Waals surface area contributed by atoms with Crippen LogP contribution in [0.25, 0.3) is 0 Å². The number of hydrogen-bond acceptors (Lipinski definition) is 4. The van der Waals surface area contributed by atoms with Crippen molar-refractivity contribution in [3.63, 3.8) is 0 Å². The van der Waals surface area contributed by atoms with E-state index in [2.05, 4.69) is 21.9 Å². The quantitative estimate of drug-likeness (QED) is 0.826. The van der Waals surface area contributed by atoms with Gasteiger partial charge >= 0.3 is 5.97 Å². The SMILES string of the molecule is Nc1ccccc1N1CCN(Cc2ccccc2)CC1CC(=O)O. The molecule has 24 heavy (non-hydrogen) atoms. The van der Waals surface area contributed by atoms with Crippen LogP contribution in [0.2, 0.25) is 0 Å². The third kappa shape index (κ3) is 3.86. The number of para-hydroxylation sites is 2. The summed E-state index contributed by atoms with van der Waals surface area (Å²) in [5.41, 5.74) is 8.98. The first-order chi connectivity index (χ1) is 11.6. The summed E-state index contributed by atoms with van der Waals surface area (Å²) < 4.78 is 0. The van der Waals surface area contributed by atoms with Gasteiger partial charge in [-0.05, 0) is 17.7 Å². The van der Waals surface area contributed by atoms with E-state index in [1.54, 1.807) is 0 Å². The molecule has 5 nitrogen and oxygen atoms in total. The molecule has 3 rings (SSSR count). The van der Waals surface area contributed by atoms with E-state index >= 15 is 0 Å². The summed E-state index contributed by atoms with van der Waals surface area (Å²) in [4.78, 5) is 15.8. The van der Waals surface area contributed by atoms with Crippen molar-refractivity contribution in [1.82, 2.24) is 4.90 Å². The lowest BCUT2D eigenvalue weighted by Crippen LogP contribution is -2.53. The average Bonchev–Trinajstić information content (AvgIpc) is 2.56. The number of carbonyl (C=O) groups is 1. The predicted octanol–water partition coefficient (Wildman–Crippen LogP) is 2.43. The van der Waals surface area contributed by atoms with Crippen molar-refractivity contribution in [2.45, 2.75) is 19.0 Å². The van der Waals surface area contributed by atoms with E-state index < -0.39 is 5.97 Å². The molecule has 0 aliphatic carbocycles. The fraction of sp³-hybridized carbons (Fsp3) is 0.316. The third-order valence-corrected chi connectivity index (χ3v) is 4.47. The Morgan fingerprint density at radius 2 is 1.79 bits per heavy atom. The molecule has 2 aromatic rings. The zero-order valence-corrected chi connectivity index (χ0v) is 13.6. The first kappa shape index (κ1) is 16.3. The van der Waals surface area contributed by atoms with Crippen LogP contribution >= 0.6 is 0 Å². The molecule has 0 bridgehead atoms. The van der Waals surface area contributed by atoms with Crippen LogP contribution in [0.4, 0.5) is 11.4 Å². The highest BCUT2D eigenvalue weighted by Crippen LogP contribution is 2.28. The highest BCUT2D eigenvalue weighted by atomic mass is 16.4. The molecule has 0 radical (unpaired) electrons. The van der Waals surface area contributed by atoms with E-state index in [4.69, 9.17) is 5.73 Å². The van der Waals surface area contributed by atoms with E-state index in [0.717, 1.165) is 31.9 Å². The van der Waals surface area contributed by atoms with Crippen LogP contribution in [-0.4, -0.2) is 41.7 Å². The van der Waals surface area contributed by atoms with Crippen LogP contribution in [0.3, 0.4) is 0 Å². The van der Waals surface area contributed by atoms with Crippen LogP contribution in [0, 0.1) is 0 Å². The van der Waals surface area contributed by atoms with Crippen LogP contribution in [0.5, 0.6) is 0 Å². The van der Waals surface area contributed by atoms with Gasteiger partial charge in [0.15, 0.2) is 0 Å². The monoisotopic (exact) mass is 325 g/mol. The van der Waals surface area contributed by atoms with Gasteiger partial charge in [-0.15, -0.1) is 0 Å². The van der Waals surface area contributed by atoms with E-state index in [9.17, 15) is 9.90 Å². The zero-order valence-electron chi connectivity index (χ0n) is 13.6. The predicted molar refractivity (Wildman–Crippen MR) is 96.0 cm³/mol. The van der Waals surface area contributed by atoms with E-state index in [1.807, 2.05) is 42.5 Å². The molecule has 0 amide bonds. The third-order valence-electron chi connectivity index (χ3n) is 4.47. The van der Waals surface area contributed by atoms with Crippen molar-refractivity contribution in [3.8, 4) is 0 Å². The number of nitrogens with two attached hydrogens (primary N) is 1. The summed E-state index contributed by atoms with van der Waals surface area (Å²) in [5, 5.41) is 9.30. The molecule has 1 aliphatic rings. The largest absolute Gasteiger partial charge is 0.481 e. The maximum Gasteiger partial charge on any atom is 0.305 e. The Hall–Kier alpha value is -2.53. The van der Waals surface area contributed by atoms with E-state index in [0.29, 0.717) is 5.69 Å². The van der Waals surface area contributed by atoms with Gasteiger partial charge in [0, 0.05) is 26.2 Å². The lowest BCUT2D eigenvalue weighted by molar-refractivity contribution is -0.137. The Bertz CT molecular complexity index is 690. The number of carboxylic acids is 1. The molecule has 3 N–H and O–H groups in total. The Kier molecular flexibility index (Phi) is 5.01. The minimum atomic E-state index is -0.777. The number of anilines is 2. The molecule has 1 fully saturated rings. The van der Waals surface area contributed by atoms with Crippen molar-refractivity contribution in [2.24, 2.45) is 0 Å². The van der Waals surface area contributed by atoms with Gasteiger partial charge in [0.1, 0.15) is 0 Å². The lowest BCUT2D eigenvalue weighted by atomic mass is 10.1. The first-order valence-corrected chi connectivity index (χ1v) is 8.22. The maximum absolute atomic E-state index is 11.3. The van der Waals surface area contributed by atoms with Gasteiger partial charge in [-0.3, -0.25) is 9.69 Å². The standard InChI is InChI=1S/C19H23N3O2/c20-17-8-4-5-9-18(17)22-11-10-21(14-16(22)12-19(23)24)13-15-6-2-1-3-7-15/h1-9,16H,10-14,20H2,(H,23,24). The molecular formula is C19H23N3O2. The number of nitrogen functional groups attached to an aromatic ring is 1. The van der Waals surface area contributed by atoms with Crippen molar-refractivity contribution in [3.05, 3.63) is 60.2 Å². The summed E-state index contributed by atoms with van der Waals surface area (Å²) in [6.07, 6.45) is 0.111. The summed E-state index contributed by atoms with van der Waals surface area (Å²) in [5.74, 6) is -0.777. The number of piperazine rings is 1. The van der Waals surface area contributed by atoms with Crippen LogP contribution in [0.15, 0.2) is 54.6 Å². The van der Waals surface area contributed by atoms with E-state index in [1.165, 1.54) is 5.56 Å². The molecule has 1 unspecified atom stereocenters. The van der Waals surface area contributed by atoms with Crippen molar-refractivity contribution in [1.29, 1.82) is 0 Å². The Morgan fingerprint density at radius 1 is 1.08 bits per heavy atom. The minimum Gasteiger partial charge on any atom is -0.481 e. The number of hydrogen-bond donors (Lipinski definition) is 2. The topological polar surface area (TPSA) is 69.8 Å².